The SMILES string of the molecule is NC(=O)CCNC(=O)N1CCCC(CCC(=O)O)C1. The van der Waals surface area contributed by atoms with E-state index in [2.05, 4.69) is 5.32 Å². The first-order valence-corrected chi connectivity index (χ1v) is 6.52. The Bertz CT molecular complexity index is 346. The van der Waals surface area contributed by atoms with Crippen molar-refractivity contribution in [1.29, 1.82) is 0 Å². The highest BCUT2D eigenvalue weighted by Crippen LogP contribution is 2.20. The van der Waals surface area contributed by atoms with Crippen LogP contribution in [0.2, 0.25) is 0 Å². The van der Waals surface area contributed by atoms with Crippen molar-refractivity contribution in [2.45, 2.75) is 32.1 Å². The summed E-state index contributed by atoms with van der Waals surface area (Å²) in [4.78, 5) is 34.6. The van der Waals surface area contributed by atoms with Crippen molar-refractivity contribution in [3.05, 3.63) is 0 Å². The highest BCUT2D eigenvalue weighted by atomic mass is 16.4. The van der Waals surface area contributed by atoms with Crippen LogP contribution < -0.4 is 11.1 Å². The van der Waals surface area contributed by atoms with Crippen LogP contribution in [0, 0.1) is 5.92 Å². The molecule has 0 aromatic rings. The second kappa shape index (κ2) is 7.60. The minimum atomic E-state index is -0.803. The van der Waals surface area contributed by atoms with E-state index in [0.29, 0.717) is 19.5 Å². The number of carbonyl (C=O) groups excluding carboxylic acids is 2. The van der Waals surface area contributed by atoms with Crippen LogP contribution in [-0.2, 0) is 9.59 Å². The van der Waals surface area contributed by atoms with Gasteiger partial charge in [-0.05, 0) is 25.2 Å². The van der Waals surface area contributed by atoms with E-state index in [9.17, 15) is 14.4 Å². The van der Waals surface area contributed by atoms with Crippen LogP contribution in [0.4, 0.5) is 4.79 Å². The molecule has 1 atom stereocenters. The molecule has 1 heterocycles. The van der Waals surface area contributed by atoms with Crippen molar-refractivity contribution in [2.75, 3.05) is 19.6 Å². The van der Waals surface area contributed by atoms with Crippen LogP contribution in [0.15, 0.2) is 0 Å². The molecule has 1 aliphatic rings. The van der Waals surface area contributed by atoms with Gasteiger partial charge in [0, 0.05) is 32.5 Å². The average molecular weight is 271 g/mol. The Hall–Kier alpha value is -1.79. The van der Waals surface area contributed by atoms with Crippen LogP contribution in [0.3, 0.4) is 0 Å². The Kier molecular flexibility index (Phi) is 6.11. The molecule has 1 fully saturated rings. The Morgan fingerprint density at radius 2 is 2.05 bits per heavy atom. The molecule has 1 aliphatic heterocycles. The number of urea groups is 1. The summed E-state index contributed by atoms with van der Waals surface area (Å²) in [5, 5.41) is 11.3. The molecular formula is C12H21N3O4. The average Bonchev–Trinajstić information content (AvgIpc) is 2.36. The monoisotopic (exact) mass is 271 g/mol. The molecule has 1 saturated heterocycles. The number of amides is 3. The van der Waals surface area contributed by atoms with Crippen molar-refractivity contribution >= 4 is 17.9 Å². The van der Waals surface area contributed by atoms with Crippen LogP contribution in [0.5, 0.6) is 0 Å². The van der Waals surface area contributed by atoms with Gasteiger partial charge in [-0.25, -0.2) is 4.79 Å². The number of rotatable bonds is 6. The zero-order valence-electron chi connectivity index (χ0n) is 10.9. The minimum Gasteiger partial charge on any atom is -0.481 e. The van der Waals surface area contributed by atoms with Gasteiger partial charge in [0.15, 0.2) is 0 Å². The van der Waals surface area contributed by atoms with Gasteiger partial charge in [-0.2, -0.15) is 0 Å². The normalized spacial score (nSPS) is 18.9. The van der Waals surface area contributed by atoms with Crippen molar-refractivity contribution in [1.82, 2.24) is 10.2 Å². The summed E-state index contributed by atoms with van der Waals surface area (Å²) in [5.41, 5.74) is 4.99. The molecule has 1 rings (SSSR count). The third kappa shape index (κ3) is 6.08. The molecule has 19 heavy (non-hydrogen) atoms. The lowest BCUT2D eigenvalue weighted by molar-refractivity contribution is -0.137. The molecule has 108 valence electrons. The number of carboxylic acids is 1. The molecule has 1 unspecified atom stereocenters. The number of hydrogen-bond acceptors (Lipinski definition) is 3. The predicted molar refractivity (Wildman–Crippen MR) is 68.4 cm³/mol. The number of piperidine rings is 1. The lowest BCUT2D eigenvalue weighted by Gasteiger charge is -2.32. The molecule has 0 aromatic heterocycles. The number of nitrogens with zero attached hydrogens (tertiary/aromatic N) is 1. The van der Waals surface area contributed by atoms with Gasteiger partial charge in [-0.15, -0.1) is 0 Å². The van der Waals surface area contributed by atoms with Crippen molar-refractivity contribution in [2.24, 2.45) is 11.7 Å². The first-order chi connectivity index (χ1) is 8.99. The number of carboxylic acid groups (broad SMARTS) is 1. The smallest absolute Gasteiger partial charge is 0.317 e. The van der Waals surface area contributed by atoms with Crippen molar-refractivity contribution < 1.29 is 19.5 Å². The first-order valence-electron chi connectivity index (χ1n) is 6.52. The lowest BCUT2D eigenvalue weighted by atomic mass is 9.93. The summed E-state index contributed by atoms with van der Waals surface area (Å²) in [7, 11) is 0. The largest absolute Gasteiger partial charge is 0.481 e. The molecule has 0 aromatic carbocycles. The Morgan fingerprint density at radius 1 is 1.32 bits per heavy atom. The Morgan fingerprint density at radius 3 is 2.68 bits per heavy atom. The fourth-order valence-electron chi connectivity index (χ4n) is 2.22. The highest BCUT2D eigenvalue weighted by Gasteiger charge is 2.23. The second-order valence-corrected chi connectivity index (χ2v) is 4.83. The van der Waals surface area contributed by atoms with Gasteiger partial charge < -0.3 is 21.1 Å². The van der Waals surface area contributed by atoms with Crippen LogP contribution in [0.25, 0.3) is 0 Å². The maximum absolute atomic E-state index is 11.8. The third-order valence-electron chi connectivity index (χ3n) is 3.22. The van der Waals surface area contributed by atoms with Gasteiger partial charge in [0.25, 0.3) is 0 Å². The number of hydrogen-bond donors (Lipinski definition) is 3. The first kappa shape index (κ1) is 15.3. The zero-order chi connectivity index (χ0) is 14.3. The van der Waals surface area contributed by atoms with E-state index in [4.69, 9.17) is 10.8 Å². The molecule has 0 aliphatic carbocycles. The summed E-state index contributed by atoms with van der Waals surface area (Å²) in [6.07, 6.45) is 2.70. The molecular weight excluding hydrogens is 250 g/mol. The summed E-state index contributed by atoms with van der Waals surface area (Å²) in [6.45, 7) is 1.49. The molecule has 7 heteroatoms. The molecule has 0 saturated carbocycles. The summed E-state index contributed by atoms with van der Waals surface area (Å²) >= 11 is 0. The van der Waals surface area contributed by atoms with Gasteiger partial charge in [-0.1, -0.05) is 0 Å². The van der Waals surface area contributed by atoms with Crippen molar-refractivity contribution in [3.63, 3.8) is 0 Å². The van der Waals surface area contributed by atoms with E-state index in [0.717, 1.165) is 12.8 Å². The maximum Gasteiger partial charge on any atom is 0.317 e. The molecule has 0 bridgehead atoms. The lowest BCUT2D eigenvalue weighted by Crippen LogP contribution is -2.46. The topological polar surface area (TPSA) is 113 Å². The highest BCUT2D eigenvalue weighted by molar-refractivity contribution is 5.77. The van der Waals surface area contributed by atoms with E-state index in [-0.39, 0.29) is 31.3 Å². The molecule has 0 spiro atoms. The standard InChI is InChI=1S/C12H21N3O4/c13-10(16)5-6-14-12(19)15-7-1-2-9(8-15)3-4-11(17)18/h9H,1-8H2,(H2,13,16)(H,14,19)(H,17,18). The predicted octanol–water partition coefficient (Wildman–Crippen LogP) is 0.148. The molecule has 4 N–H and O–H groups in total. The summed E-state index contributed by atoms with van der Waals surface area (Å²) < 4.78 is 0. The van der Waals surface area contributed by atoms with Gasteiger partial charge >= 0.3 is 12.0 Å². The van der Waals surface area contributed by atoms with Crippen LogP contribution in [-0.4, -0.2) is 47.5 Å². The fraction of sp³-hybridized carbons (Fsp3) is 0.750. The Labute approximate surface area is 112 Å². The van der Waals surface area contributed by atoms with Gasteiger partial charge in [-0.3, -0.25) is 9.59 Å². The van der Waals surface area contributed by atoms with E-state index in [1.54, 1.807) is 4.90 Å². The van der Waals surface area contributed by atoms with Gasteiger partial charge in [0.1, 0.15) is 0 Å². The molecule has 7 nitrogen and oxygen atoms in total. The third-order valence-corrected chi connectivity index (χ3v) is 3.22. The summed E-state index contributed by atoms with van der Waals surface area (Å²) in [6, 6.07) is -0.207. The van der Waals surface area contributed by atoms with E-state index in [1.165, 1.54) is 0 Å². The molecule has 0 radical (unpaired) electrons. The number of nitrogens with one attached hydrogen (secondary N) is 1. The van der Waals surface area contributed by atoms with E-state index < -0.39 is 11.9 Å². The van der Waals surface area contributed by atoms with E-state index in [1.807, 2.05) is 0 Å². The van der Waals surface area contributed by atoms with Gasteiger partial charge in [0.2, 0.25) is 5.91 Å². The van der Waals surface area contributed by atoms with Crippen LogP contribution in [0.1, 0.15) is 32.1 Å². The minimum absolute atomic E-state index is 0.127. The number of nitrogens with two attached hydrogens (primary N) is 1. The number of primary amides is 1. The maximum atomic E-state index is 11.8. The number of carbonyl (C=O) groups is 3. The second-order valence-electron chi connectivity index (χ2n) is 4.83. The van der Waals surface area contributed by atoms with Gasteiger partial charge in [0.05, 0.1) is 0 Å². The number of aliphatic carboxylic acids is 1. The number of likely N-dealkylation sites (tertiary alicyclic amines) is 1. The van der Waals surface area contributed by atoms with Crippen LogP contribution >= 0.6 is 0 Å². The van der Waals surface area contributed by atoms with Crippen molar-refractivity contribution in [3.8, 4) is 0 Å². The molecule has 3 amide bonds. The Balaban J connectivity index is 2.30. The zero-order valence-corrected chi connectivity index (χ0v) is 10.9. The van der Waals surface area contributed by atoms with E-state index >= 15 is 0 Å². The summed E-state index contributed by atoms with van der Waals surface area (Å²) in [5.74, 6) is -1.01. The quantitative estimate of drug-likeness (QED) is 0.638. The fourth-order valence-corrected chi connectivity index (χ4v) is 2.22.